The highest BCUT2D eigenvalue weighted by Gasteiger charge is 2.12. The Hall–Kier alpha value is -1.25. The summed E-state index contributed by atoms with van der Waals surface area (Å²) in [6, 6.07) is 3.70. The average molecular weight is 282 g/mol. The van der Waals surface area contributed by atoms with Gasteiger partial charge in [0.15, 0.2) is 0 Å². The Morgan fingerprint density at radius 1 is 0.950 bits per heavy atom. The highest BCUT2D eigenvalue weighted by Crippen LogP contribution is 2.15. The summed E-state index contributed by atoms with van der Waals surface area (Å²) in [6.07, 6.45) is 8.24. The number of unbranched alkanes of at least 4 members (excludes halogenated alkanes) is 6. The molecule has 0 spiro atoms. The van der Waals surface area contributed by atoms with E-state index in [-0.39, 0.29) is 17.8 Å². The molecule has 0 aromatic heterocycles. The van der Waals surface area contributed by atoms with Crippen LogP contribution in [0.3, 0.4) is 0 Å². The molecule has 1 nitrogen and oxygen atoms in total. The Bertz CT molecular complexity index is 395. The molecule has 0 fully saturated rings. The average Bonchev–Trinajstić information content (AvgIpc) is 2.42. The lowest BCUT2D eigenvalue weighted by Gasteiger charge is -2.04. The normalized spacial score (nSPS) is 10.8. The van der Waals surface area contributed by atoms with E-state index in [4.69, 9.17) is 0 Å². The number of hydrogen-bond acceptors (Lipinski definition) is 1. The minimum atomic E-state index is -0.627. The van der Waals surface area contributed by atoms with Crippen molar-refractivity contribution in [3.05, 3.63) is 35.4 Å². The van der Waals surface area contributed by atoms with Crippen LogP contribution >= 0.6 is 0 Å². The predicted octanol–water partition coefficient (Wildman–Crippen LogP) is 5.22. The zero-order valence-corrected chi connectivity index (χ0v) is 12.3. The molecule has 0 atom stereocenters. The van der Waals surface area contributed by atoms with Gasteiger partial charge in [0.05, 0.1) is 0 Å². The summed E-state index contributed by atoms with van der Waals surface area (Å²) < 4.78 is 26.8. The molecule has 0 saturated heterocycles. The number of carbonyl (C=O) groups is 1. The lowest BCUT2D eigenvalue weighted by Crippen LogP contribution is -2.06. The Morgan fingerprint density at radius 3 is 2.10 bits per heavy atom. The summed E-state index contributed by atoms with van der Waals surface area (Å²) in [4.78, 5) is 11.7. The van der Waals surface area contributed by atoms with E-state index in [1.165, 1.54) is 43.9 Å². The van der Waals surface area contributed by atoms with Gasteiger partial charge in [-0.25, -0.2) is 8.78 Å². The maximum Gasteiger partial charge on any atom is 0.137 e. The smallest absolute Gasteiger partial charge is 0.137 e. The zero-order chi connectivity index (χ0) is 14.8. The molecule has 1 aromatic carbocycles. The van der Waals surface area contributed by atoms with Gasteiger partial charge in [0.2, 0.25) is 0 Å². The van der Waals surface area contributed by atoms with Gasteiger partial charge in [-0.05, 0) is 18.6 Å². The van der Waals surface area contributed by atoms with Crippen molar-refractivity contribution in [2.75, 3.05) is 0 Å². The Kier molecular flexibility index (Phi) is 8.08. The molecular weight excluding hydrogens is 258 g/mol. The van der Waals surface area contributed by atoms with E-state index in [1.54, 1.807) is 0 Å². The maximum absolute atomic E-state index is 13.4. The molecule has 0 aliphatic rings. The molecule has 1 rings (SSSR count). The highest BCUT2D eigenvalue weighted by molar-refractivity contribution is 5.80. The van der Waals surface area contributed by atoms with Crippen LogP contribution in [0.25, 0.3) is 0 Å². The third-order valence-corrected chi connectivity index (χ3v) is 3.49. The molecule has 0 amide bonds. The van der Waals surface area contributed by atoms with Crippen LogP contribution < -0.4 is 0 Å². The van der Waals surface area contributed by atoms with Crippen LogP contribution in [0.5, 0.6) is 0 Å². The fourth-order valence-corrected chi connectivity index (χ4v) is 2.27. The fraction of sp³-hybridized carbons (Fsp3) is 0.588. The molecule has 0 saturated carbocycles. The monoisotopic (exact) mass is 282 g/mol. The summed E-state index contributed by atoms with van der Waals surface area (Å²) in [7, 11) is 0. The Balaban J connectivity index is 2.21. The van der Waals surface area contributed by atoms with Gasteiger partial charge in [0, 0.05) is 18.4 Å². The van der Waals surface area contributed by atoms with Crippen LogP contribution in [-0.4, -0.2) is 5.78 Å². The van der Waals surface area contributed by atoms with Gasteiger partial charge in [-0.1, -0.05) is 51.5 Å². The van der Waals surface area contributed by atoms with Gasteiger partial charge in [-0.2, -0.15) is 0 Å². The van der Waals surface area contributed by atoms with Crippen LogP contribution in [0.4, 0.5) is 8.78 Å². The first kappa shape index (κ1) is 16.8. The van der Waals surface area contributed by atoms with Gasteiger partial charge in [0.25, 0.3) is 0 Å². The summed E-state index contributed by atoms with van der Waals surface area (Å²) in [5, 5.41) is 0. The van der Waals surface area contributed by atoms with Crippen molar-refractivity contribution in [3.8, 4) is 0 Å². The second kappa shape index (κ2) is 9.62. The lowest BCUT2D eigenvalue weighted by atomic mass is 10.0. The second-order valence-electron chi connectivity index (χ2n) is 5.29. The van der Waals surface area contributed by atoms with Gasteiger partial charge >= 0.3 is 0 Å². The van der Waals surface area contributed by atoms with E-state index in [0.717, 1.165) is 19.3 Å². The number of ketones is 1. The highest BCUT2D eigenvalue weighted by atomic mass is 19.1. The number of halogens is 2. The Labute approximate surface area is 120 Å². The van der Waals surface area contributed by atoms with Crippen LogP contribution in [0.15, 0.2) is 18.2 Å². The van der Waals surface area contributed by atoms with Gasteiger partial charge in [0.1, 0.15) is 17.4 Å². The predicted molar refractivity (Wildman–Crippen MR) is 77.7 cm³/mol. The van der Waals surface area contributed by atoms with E-state index in [9.17, 15) is 13.6 Å². The van der Waals surface area contributed by atoms with E-state index in [0.29, 0.717) is 6.42 Å². The van der Waals surface area contributed by atoms with Crippen molar-refractivity contribution in [3.63, 3.8) is 0 Å². The summed E-state index contributed by atoms with van der Waals surface area (Å²) in [5.41, 5.74) is -0.0968. The molecule has 3 heteroatoms. The number of rotatable bonds is 10. The molecule has 112 valence electrons. The topological polar surface area (TPSA) is 17.1 Å². The van der Waals surface area contributed by atoms with Crippen molar-refractivity contribution in [1.29, 1.82) is 0 Å². The van der Waals surface area contributed by atoms with Gasteiger partial charge < -0.3 is 0 Å². The first-order valence-electron chi connectivity index (χ1n) is 7.59. The van der Waals surface area contributed by atoms with Crippen LogP contribution in [0.1, 0.15) is 63.9 Å². The molecule has 1 aromatic rings. The Morgan fingerprint density at radius 2 is 1.50 bits per heavy atom. The zero-order valence-electron chi connectivity index (χ0n) is 12.3. The van der Waals surface area contributed by atoms with Crippen molar-refractivity contribution in [2.24, 2.45) is 0 Å². The van der Waals surface area contributed by atoms with Gasteiger partial charge in [-0.15, -0.1) is 0 Å². The first-order chi connectivity index (χ1) is 9.65. The molecule has 0 radical (unpaired) electrons. The minimum Gasteiger partial charge on any atom is -0.299 e. The largest absolute Gasteiger partial charge is 0.299 e. The number of hydrogen-bond donors (Lipinski definition) is 0. The van der Waals surface area contributed by atoms with Crippen molar-refractivity contribution < 1.29 is 13.6 Å². The molecule has 0 bridgehead atoms. The summed E-state index contributed by atoms with van der Waals surface area (Å²) >= 11 is 0. The number of benzene rings is 1. The van der Waals surface area contributed by atoms with E-state index >= 15 is 0 Å². The van der Waals surface area contributed by atoms with E-state index < -0.39 is 11.6 Å². The molecule has 0 aliphatic carbocycles. The molecule has 0 heterocycles. The fourth-order valence-electron chi connectivity index (χ4n) is 2.27. The van der Waals surface area contributed by atoms with Crippen molar-refractivity contribution in [2.45, 2.75) is 64.7 Å². The molecule has 20 heavy (non-hydrogen) atoms. The van der Waals surface area contributed by atoms with E-state index in [1.807, 2.05) is 0 Å². The quantitative estimate of drug-likeness (QED) is 0.538. The standard InChI is InChI=1S/C17H24F2O/c1-2-3-4-5-6-7-8-10-14(20)13-15-16(18)11-9-12-17(15)19/h9,11-12H,2-8,10,13H2,1H3. The van der Waals surface area contributed by atoms with Gasteiger partial charge in [-0.3, -0.25) is 4.79 Å². The molecule has 0 N–H and O–H groups in total. The maximum atomic E-state index is 13.4. The second-order valence-corrected chi connectivity index (χ2v) is 5.29. The van der Waals surface area contributed by atoms with Crippen molar-refractivity contribution >= 4 is 5.78 Å². The van der Waals surface area contributed by atoms with Crippen LogP contribution in [-0.2, 0) is 11.2 Å². The first-order valence-corrected chi connectivity index (χ1v) is 7.59. The lowest BCUT2D eigenvalue weighted by molar-refractivity contribution is -0.118. The minimum absolute atomic E-state index is 0.0810. The summed E-state index contributed by atoms with van der Waals surface area (Å²) in [6.45, 7) is 2.18. The van der Waals surface area contributed by atoms with E-state index in [2.05, 4.69) is 6.92 Å². The van der Waals surface area contributed by atoms with Crippen LogP contribution in [0.2, 0.25) is 0 Å². The number of Topliss-reactive ketones (excluding diaryl/α,β-unsaturated/α-hetero) is 1. The van der Waals surface area contributed by atoms with Crippen LogP contribution in [0, 0.1) is 11.6 Å². The SMILES string of the molecule is CCCCCCCCCC(=O)Cc1c(F)cccc1F. The molecule has 0 unspecified atom stereocenters. The van der Waals surface area contributed by atoms with Crippen molar-refractivity contribution in [1.82, 2.24) is 0 Å². The number of carbonyl (C=O) groups excluding carboxylic acids is 1. The summed E-state index contributed by atoms with van der Waals surface area (Å²) in [5.74, 6) is -1.33. The molecule has 0 aliphatic heterocycles. The molecular formula is C17H24F2O. The third-order valence-electron chi connectivity index (χ3n) is 3.49. The third kappa shape index (κ3) is 6.27.